The van der Waals surface area contributed by atoms with E-state index in [4.69, 9.17) is 14.2 Å². The lowest BCUT2D eigenvalue weighted by Crippen LogP contribution is -2.43. The van der Waals surface area contributed by atoms with Crippen molar-refractivity contribution >= 4 is 49.8 Å². The molecule has 0 saturated heterocycles. The predicted molar refractivity (Wildman–Crippen MR) is 136 cm³/mol. The Morgan fingerprint density at radius 2 is 1.83 bits per heavy atom. The van der Waals surface area contributed by atoms with Gasteiger partial charge < -0.3 is 24.4 Å². The molecule has 2 aromatic heterocycles. The number of hydrogen-bond acceptors (Lipinski definition) is 8. The van der Waals surface area contributed by atoms with Crippen molar-refractivity contribution in [1.29, 1.82) is 0 Å². The van der Waals surface area contributed by atoms with Crippen LogP contribution in [0.2, 0.25) is 0 Å². The molecule has 0 unspecified atom stereocenters. The zero-order chi connectivity index (χ0) is 24.7. The van der Waals surface area contributed by atoms with Crippen molar-refractivity contribution in [1.82, 2.24) is 9.88 Å². The summed E-state index contributed by atoms with van der Waals surface area (Å²) in [5.74, 6) is 0.477. The zero-order valence-electron chi connectivity index (χ0n) is 19.5. The SMILES string of the molecule is COc1ccc2nc(NC(=O)[C@@H]3c4cc(OC)c(OC)cc4C(=O)N(C)[C@H]3c3cccs3)sc2c1. The van der Waals surface area contributed by atoms with E-state index in [1.807, 2.05) is 35.7 Å². The van der Waals surface area contributed by atoms with Crippen molar-refractivity contribution in [2.75, 3.05) is 33.7 Å². The van der Waals surface area contributed by atoms with Gasteiger partial charge in [-0.3, -0.25) is 9.59 Å². The third kappa shape index (κ3) is 3.98. The molecular weight excluding hydrogens is 486 g/mol. The smallest absolute Gasteiger partial charge is 0.254 e. The average Bonchev–Trinajstić information content (AvgIpc) is 3.54. The number of rotatable bonds is 6. The second kappa shape index (κ2) is 9.20. The van der Waals surface area contributed by atoms with Crippen molar-refractivity contribution in [3.63, 3.8) is 0 Å². The number of thiophene rings is 1. The Kier molecular flexibility index (Phi) is 6.08. The number of hydrogen-bond donors (Lipinski definition) is 1. The van der Waals surface area contributed by atoms with E-state index in [-0.39, 0.29) is 11.8 Å². The second-order valence-electron chi connectivity index (χ2n) is 7.99. The lowest BCUT2D eigenvalue weighted by atomic mass is 9.81. The van der Waals surface area contributed by atoms with Gasteiger partial charge in [-0.2, -0.15) is 0 Å². The second-order valence-corrected chi connectivity index (χ2v) is 10.0. The molecule has 180 valence electrons. The maximum Gasteiger partial charge on any atom is 0.254 e. The van der Waals surface area contributed by atoms with Crippen LogP contribution in [0.3, 0.4) is 0 Å². The molecule has 0 spiro atoms. The van der Waals surface area contributed by atoms with Gasteiger partial charge in [-0.05, 0) is 47.3 Å². The van der Waals surface area contributed by atoms with Gasteiger partial charge in [0.2, 0.25) is 5.91 Å². The minimum atomic E-state index is -0.687. The Hall–Kier alpha value is -3.63. The molecule has 10 heteroatoms. The van der Waals surface area contributed by atoms with Crippen molar-refractivity contribution in [3.05, 3.63) is 63.8 Å². The van der Waals surface area contributed by atoms with Crippen LogP contribution in [0.5, 0.6) is 17.2 Å². The molecule has 35 heavy (non-hydrogen) atoms. The molecule has 5 rings (SSSR count). The van der Waals surface area contributed by atoms with Crippen LogP contribution < -0.4 is 19.5 Å². The lowest BCUT2D eigenvalue weighted by Gasteiger charge is -2.39. The van der Waals surface area contributed by atoms with Gasteiger partial charge in [0.05, 0.1) is 43.5 Å². The van der Waals surface area contributed by atoms with Crippen LogP contribution in [-0.2, 0) is 4.79 Å². The third-order valence-electron chi connectivity index (χ3n) is 6.12. The molecule has 1 aliphatic rings. The van der Waals surface area contributed by atoms with E-state index >= 15 is 0 Å². The maximum absolute atomic E-state index is 13.9. The monoisotopic (exact) mass is 509 g/mol. The van der Waals surface area contributed by atoms with E-state index in [1.165, 1.54) is 36.9 Å². The highest BCUT2D eigenvalue weighted by Gasteiger charge is 2.44. The molecule has 0 bridgehead atoms. The Balaban J connectivity index is 1.60. The highest BCUT2D eigenvalue weighted by molar-refractivity contribution is 7.22. The van der Waals surface area contributed by atoms with Gasteiger partial charge in [-0.25, -0.2) is 4.98 Å². The molecule has 0 saturated carbocycles. The Morgan fingerprint density at radius 1 is 1.06 bits per heavy atom. The number of ether oxygens (including phenoxy) is 3. The number of aromatic nitrogens is 1. The van der Waals surface area contributed by atoms with Crippen LogP contribution in [0.4, 0.5) is 5.13 Å². The Morgan fingerprint density at radius 3 is 2.51 bits per heavy atom. The molecule has 1 aliphatic heterocycles. The summed E-state index contributed by atoms with van der Waals surface area (Å²) < 4.78 is 17.1. The number of fused-ring (bicyclic) bond motifs is 2. The summed E-state index contributed by atoms with van der Waals surface area (Å²) in [6, 6.07) is 12.3. The zero-order valence-corrected chi connectivity index (χ0v) is 21.2. The summed E-state index contributed by atoms with van der Waals surface area (Å²) >= 11 is 2.87. The maximum atomic E-state index is 13.9. The van der Waals surface area contributed by atoms with Crippen LogP contribution in [0, 0.1) is 0 Å². The number of amides is 2. The average molecular weight is 510 g/mol. The summed E-state index contributed by atoms with van der Waals surface area (Å²) in [5, 5.41) is 5.41. The first-order valence-corrected chi connectivity index (χ1v) is 12.5. The number of thiazole rings is 1. The largest absolute Gasteiger partial charge is 0.497 e. The quantitative estimate of drug-likeness (QED) is 0.396. The fourth-order valence-electron chi connectivity index (χ4n) is 4.42. The summed E-state index contributed by atoms with van der Waals surface area (Å²) in [6.45, 7) is 0. The van der Waals surface area contributed by atoms with Crippen LogP contribution in [0.1, 0.15) is 32.8 Å². The molecule has 2 amide bonds. The summed E-state index contributed by atoms with van der Waals surface area (Å²) in [7, 11) is 6.37. The van der Waals surface area contributed by atoms with Gasteiger partial charge >= 0.3 is 0 Å². The number of likely N-dealkylation sites (N-methyl/N-ethyl adjacent to an activating group) is 1. The van der Waals surface area contributed by atoms with Crippen LogP contribution in [0.25, 0.3) is 10.2 Å². The van der Waals surface area contributed by atoms with E-state index in [0.717, 1.165) is 20.8 Å². The topological polar surface area (TPSA) is 90.0 Å². The molecule has 0 aliphatic carbocycles. The van der Waals surface area contributed by atoms with Gasteiger partial charge in [-0.1, -0.05) is 17.4 Å². The minimum Gasteiger partial charge on any atom is -0.497 e. The molecule has 8 nitrogen and oxygen atoms in total. The molecule has 1 N–H and O–H groups in total. The Bertz CT molecular complexity index is 1420. The van der Waals surface area contributed by atoms with Crippen molar-refractivity contribution < 1.29 is 23.8 Å². The number of anilines is 1. The van der Waals surface area contributed by atoms with E-state index in [0.29, 0.717) is 27.8 Å². The first-order chi connectivity index (χ1) is 16.9. The first kappa shape index (κ1) is 23.1. The molecule has 0 radical (unpaired) electrons. The van der Waals surface area contributed by atoms with Crippen LogP contribution in [0.15, 0.2) is 47.8 Å². The number of methoxy groups -OCH3 is 3. The van der Waals surface area contributed by atoms with Gasteiger partial charge in [0, 0.05) is 17.5 Å². The van der Waals surface area contributed by atoms with Gasteiger partial charge in [0.1, 0.15) is 5.75 Å². The van der Waals surface area contributed by atoms with Gasteiger partial charge in [0.25, 0.3) is 5.91 Å². The van der Waals surface area contributed by atoms with E-state index in [9.17, 15) is 9.59 Å². The van der Waals surface area contributed by atoms with Crippen molar-refractivity contribution in [2.45, 2.75) is 12.0 Å². The molecule has 3 heterocycles. The highest BCUT2D eigenvalue weighted by atomic mass is 32.1. The van der Waals surface area contributed by atoms with Gasteiger partial charge in [0.15, 0.2) is 16.6 Å². The van der Waals surface area contributed by atoms with E-state index in [1.54, 1.807) is 31.2 Å². The molecule has 2 atom stereocenters. The number of benzene rings is 2. The first-order valence-electron chi connectivity index (χ1n) is 10.8. The summed E-state index contributed by atoms with van der Waals surface area (Å²) in [4.78, 5) is 34.3. The summed E-state index contributed by atoms with van der Waals surface area (Å²) in [6.07, 6.45) is 0. The third-order valence-corrected chi connectivity index (χ3v) is 7.99. The standard InChI is InChI=1S/C25H23N3O5S2/c1-28-22(19-6-5-9-34-19)21(14-11-17(32-3)18(33-4)12-15(14)24(28)30)23(29)27-25-26-16-8-7-13(31-2)10-20(16)35-25/h5-12,21-22H,1-4H3,(H,26,27,29)/t21-,22+/m1/s1. The van der Waals surface area contributed by atoms with Crippen LogP contribution in [-0.4, -0.2) is 50.1 Å². The molecule has 4 aromatic rings. The fourth-order valence-corrected chi connectivity index (χ4v) is 6.22. The fraction of sp³-hybridized carbons (Fsp3) is 0.240. The highest BCUT2D eigenvalue weighted by Crippen LogP contribution is 2.47. The normalized spacial score (nSPS) is 17.3. The van der Waals surface area contributed by atoms with Crippen LogP contribution >= 0.6 is 22.7 Å². The lowest BCUT2D eigenvalue weighted by molar-refractivity contribution is -0.119. The number of nitrogens with zero attached hydrogens (tertiary/aromatic N) is 2. The molecular formula is C25H23N3O5S2. The molecule has 2 aromatic carbocycles. The summed E-state index contributed by atoms with van der Waals surface area (Å²) in [5.41, 5.74) is 1.76. The van der Waals surface area contributed by atoms with Crippen molar-refractivity contribution in [2.24, 2.45) is 0 Å². The van der Waals surface area contributed by atoms with Crippen molar-refractivity contribution in [3.8, 4) is 17.2 Å². The van der Waals surface area contributed by atoms with Gasteiger partial charge in [-0.15, -0.1) is 11.3 Å². The number of carbonyl (C=O) groups is 2. The number of nitrogens with one attached hydrogen (secondary N) is 1. The van der Waals surface area contributed by atoms with E-state index < -0.39 is 12.0 Å². The molecule has 0 fully saturated rings. The predicted octanol–water partition coefficient (Wildman–Crippen LogP) is 4.93. The van der Waals surface area contributed by atoms with E-state index in [2.05, 4.69) is 10.3 Å². The minimum absolute atomic E-state index is 0.185. The Labute approximate surface area is 210 Å². The number of carbonyl (C=O) groups excluding carboxylic acids is 2.